The zero-order chi connectivity index (χ0) is 23.3. The first-order valence-corrected chi connectivity index (χ1v) is 11.4. The Hall–Kier alpha value is -3.61. The highest BCUT2D eigenvalue weighted by molar-refractivity contribution is 5.97. The van der Waals surface area contributed by atoms with Gasteiger partial charge in [-0.2, -0.15) is 0 Å². The van der Waals surface area contributed by atoms with Gasteiger partial charge in [-0.1, -0.05) is 30.7 Å². The minimum Gasteiger partial charge on any atom is -0.478 e. The summed E-state index contributed by atoms with van der Waals surface area (Å²) in [5.74, 6) is -0.908. The van der Waals surface area contributed by atoms with Gasteiger partial charge in [0, 0.05) is 36.1 Å². The van der Waals surface area contributed by atoms with E-state index in [-0.39, 0.29) is 23.9 Å². The Labute approximate surface area is 192 Å². The smallest absolute Gasteiger partial charge is 0.335 e. The summed E-state index contributed by atoms with van der Waals surface area (Å²) in [4.78, 5) is 40.8. The molecule has 0 saturated carbocycles. The first kappa shape index (κ1) is 21.2. The van der Waals surface area contributed by atoms with Gasteiger partial charge >= 0.3 is 5.97 Å². The van der Waals surface area contributed by atoms with Gasteiger partial charge in [0.15, 0.2) is 0 Å². The summed E-state index contributed by atoms with van der Waals surface area (Å²) < 4.78 is 2.21. The predicted octanol–water partition coefficient (Wildman–Crippen LogP) is 3.20. The number of nitrogens with zero attached hydrogens (tertiary/aromatic N) is 3. The molecule has 7 nitrogen and oxygen atoms in total. The molecule has 1 saturated heterocycles. The van der Waals surface area contributed by atoms with Crippen molar-refractivity contribution in [1.82, 2.24) is 14.4 Å². The third-order valence-electron chi connectivity index (χ3n) is 6.81. The van der Waals surface area contributed by atoms with Crippen LogP contribution in [-0.4, -0.2) is 56.4 Å². The van der Waals surface area contributed by atoms with E-state index in [0.717, 1.165) is 39.7 Å². The van der Waals surface area contributed by atoms with Gasteiger partial charge in [-0.15, -0.1) is 0 Å². The highest BCUT2D eigenvalue weighted by Crippen LogP contribution is 2.36. The monoisotopic (exact) mass is 445 g/mol. The van der Waals surface area contributed by atoms with Crippen LogP contribution in [0.4, 0.5) is 0 Å². The minimum atomic E-state index is -0.947. The number of carbonyl (C=O) groups excluding carboxylic acids is 2. The van der Waals surface area contributed by atoms with Crippen LogP contribution in [0.15, 0.2) is 42.5 Å². The van der Waals surface area contributed by atoms with Crippen molar-refractivity contribution in [2.75, 3.05) is 13.1 Å². The van der Waals surface area contributed by atoms with Crippen molar-refractivity contribution < 1.29 is 19.5 Å². The molecule has 1 fully saturated rings. The average Bonchev–Trinajstić information content (AvgIpc) is 3.09. The number of carboxylic acids is 1. The molecule has 33 heavy (non-hydrogen) atoms. The number of fused-ring (bicyclic) bond motifs is 4. The molecule has 1 aromatic heterocycles. The SMILES string of the molecule is CCCN1CC(=O)N2Cc3c(c4cc(C)ccc4n3Cc3ccc(C(=O)O)cc3)CC2C1=O. The van der Waals surface area contributed by atoms with Gasteiger partial charge < -0.3 is 19.5 Å². The Kier molecular flexibility index (Phi) is 5.19. The van der Waals surface area contributed by atoms with E-state index in [9.17, 15) is 19.5 Å². The van der Waals surface area contributed by atoms with Crippen molar-refractivity contribution in [2.24, 2.45) is 0 Å². The number of rotatable bonds is 5. The van der Waals surface area contributed by atoms with Crippen LogP contribution in [0.25, 0.3) is 10.9 Å². The number of carboxylic acid groups (broad SMARTS) is 1. The molecular weight excluding hydrogens is 418 g/mol. The maximum Gasteiger partial charge on any atom is 0.335 e. The second kappa shape index (κ2) is 8.06. The van der Waals surface area contributed by atoms with Gasteiger partial charge in [0.2, 0.25) is 11.8 Å². The first-order valence-electron chi connectivity index (χ1n) is 11.4. The Bertz CT molecular complexity index is 1270. The lowest BCUT2D eigenvalue weighted by molar-refractivity contribution is -0.157. The summed E-state index contributed by atoms with van der Waals surface area (Å²) in [6, 6.07) is 12.8. The van der Waals surface area contributed by atoms with E-state index in [2.05, 4.69) is 29.7 Å². The fraction of sp³-hybridized carbons (Fsp3) is 0.346. The maximum atomic E-state index is 13.2. The van der Waals surface area contributed by atoms with Crippen molar-refractivity contribution in [2.45, 2.75) is 45.8 Å². The molecule has 1 N–H and O–H groups in total. The standard InChI is InChI=1S/C26H27N3O4/c1-3-10-27-15-24(30)29-14-23-20(12-22(29)25(27)31)19-11-16(2)4-9-21(19)28(23)13-17-5-7-18(8-6-17)26(32)33/h4-9,11,22H,3,10,12-15H2,1-2H3,(H,32,33). The van der Waals surface area contributed by atoms with E-state index in [4.69, 9.17) is 0 Å². The Morgan fingerprint density at radius 2 is 1.85 bits per heavy atom. The molecule has 2 aliphatic rings. The van der Waals surface area contributed by atoms with Crippen molar-refractivity contribution in [3.63, 3.8) is 0 Å². The van der Waals surface area contributed by atoms with E-state index in [0.29, 0.717) is 26.1 Å². The highest BCUT2D eigenvalue weighted by atomic mass is 16.4. The molecule has 1 unspecified atom stereocenters. The second-order valence-corrected chi connectivity index (χ2v) is 9.04. The summed E-state index contributed by atoms with van der Waals surface area (Å²) in [6.07, 6.45) is 1.35. The molecule has 2 aliphatic heterocycles. The van der Waals surface area contributed by atoms with E-state index < -0.39 is 12.0 Å². The number of carbonyl (C=O) groups is 3. The van der Waals surface area contributed by atoms with E-state index in [1.54, 1.807) is 21.9 Å². The van der Waals surface area contributed by atoms with Gasteiger partial charge in [0.05, 0.1) is 18.7 Å². The fourth-order valence-corrected chi connectivity index (χ4v) is 5.17. The van der Waals surface area contributed by atoms with Crippen LogP contribution in [0.5, 0.6) is 0 Å². The van der Waals surface area contributed by atoms with Crippen LogP contribution in [0.1, 0.15) is 46.1 Å². The van der Waals surface area contributed by atoms with E-state index >= 15 is 0 Å². The van der Waals surface area contributed by atoms with Gasteiger partial charge in [-0.25, -0.2) is 4.79 Å². The van der Waals surface area contributed by atoms with Crippen molar-refractivity contribution in [3.05, 3.63) is 70.4 Å². The summed E-state index contributed by atoms with van der Waals surface area (Å²) in [6.45, 7) is 5.80. The molecule has 0 bridgehead atoms. The lowest BCUT2D eigenvalue weighted by Crippen LogP contribution is -2.61. The molecule has 170 valence electrons. The molecule has 5 rings (SSSR count). The molecule has 1 atom stereocenters. The van der Waals surface area contributed by atoms with Crippen LogP contribution in [0, 0.1) is 6.92 Å². The zero-order valence-corrected chi connectivity index (χ0v) is 18.9. The van der Waals surface area contributed by atoms with Gasteiger partial charge in [0.25, 0.3) is 0 Å². The van der Waals surface area contributed by atoms with Crippen molar-refractivity contribution in [1.29, 1.82) is 0 Å². The molecule has 3 heterocycles. The number of aromatic carboxylic acids is 1. The predicted molar refractivity (Wildman–Crippen MR) is 124 cm³/mol. The zero-order valence-electron chi connectivity index (χ0n) is 18.9. The topological polar surface area (TPSA) is 82.8 Å². The Morgan fingerprint density at radius 3 is 2.55 bits per heavy atom. The molecule has 0 aliphatic carbocycles. The van der Waals surface area contributed by atoms with Crippen molar-refractivity contribution in [3.8, 4) is 0 Å². The lowest BCUT2D eigenvalue weighted by atomic mass is 9.93. The molecule has 2 aromatic carbocycles. The number of hydrogen-bond acceptors (Lipinski definition) is 3. The van der Waals surface area contributed by atoms with E-state index in [1.807, 2.05) is 19.1 Å². The van der Waals surface area contributed by atoms with Gasteiger partial charge in [-0.3, -0.25) is 9.59 Å². The fourth-order valence-electron chi connectivity index (χ4n) is 5.17. The largest absolute Gasteiger partial charge is 0.478 e. The third kappa shape index (κ3) is 3.57. The highest BCUT2D eigenvalue weighted by Gasteiger charge is 2.43. The van der Waals surface area contributed by atoms with E-state index in [1.165, 1.54) is 0 Å². The third-order valence-corrected chi connectivity index (χ3v) is 6.81. The molecule has 3 aromatic rings. The van der Waals surface area contributed by atoms with Crippen LogP contribution in [0.3, 0.4) is 0 Å². The Morgan fingerprint density at radius 1 is 1.09 bits per heavy atom. The summed E-state index contributed by atoms with van der Waals surface area (Å²) in [5, 5.41) is 10.3. The summed E-state index contributed by atoms with van der Waals surface area (Å²) >= 11 is 0. The molecule has 7 heteroatoms. The number of amides is 2. The normalized spacial score (nSPS) is 17.9. The van der Waals surface area contributed by atoms with Gasteiger partial charge in [0.1, 0.15) is 6.04 Å². The minimum absolute atomic E-state index is 0.00232. The average molecular weight is 446 g/mol. The lowest BCUT2D eigenvalue weighted by Gasteiger charge is -2.43. The second-order valence-electron chi connectivity index (χ2n) is 9.04. The van der Waals surface area contributed by atoms with Crippen LogP contribution in [-0.2, 0) is 29.1 Å². The maximum absolute atomic E-state index is 13.2. The molecule has 0 radical (unpaired) electrons. The number of benzene rings is 2. The summed E-state index contributed by atoms with van der Waals surface area (Å²) in [7, 11) is 0. The molecule has 2 amide bonds. The van der Waals surface area contributed by atoms with Crippen LogP contribution >= 0.6 is 0 Å². The number of aromatic nitrogens is 1. The van der Waals surface area contributed by atoms with Crippen LogP contribution in [0.2, 0.25) is 0 Å². The van der Waals surface area contributed by atoms with Crippen LogP contribution < -0.4 is 0 Å². The number of hydrogen-bond donors (Lipinski definition) is 1. The molecule has 0 spiro atoms. The molecular formula is C26H27N3O4. The summed E-state index contributed by atoms with van der Waals surface area (Å²) in [5.41, 5.74) is 5.64. The van der Waals surface area contributed by atoms with Gasteiger partial charge in [-0.05, 0) is 48.7 Å². The first-order chi connectivity index (χ1) is 15.9. The Balaban J connectivity index is 1.58. The number of aryl methyl sites for hydroxylation is 1. The quantitative estimate of drug-likeness (QED) is 0.654. The van der Waals surface area contributed by atoms with Crippen molar-refractivity contribution >= 4 is 28.7 Å². The number of piperazine rings is 1.